The summed E-state index contributed by atoms with van der Waals surface area (Å²) in [5.74, 6) is 2.35. The van der Waals surface area contributed by atoms with E-state index in [1.54, 1.807) is 12.2 Å². The summed E-state index contributed by atoms with van der Waals surface area (Å²) in [6.45, 7) is 2.14. The van der Waals surface area contributed by atoms with Gasteiger partial charge in [0.15, 0.2) is 0 Å². The molecule has 0 rings (SSSR count). The second-order valence-electron chi connectivity index (χ2n) is 2.59. The minimum atomic E-state index is -0.349. The maximum absolute atomic E-state index is 9.22. The molecule has 1 unspecified atom stereocenters. The van der Waals surface area contributed by atoms with Crippen molar-refractivity contribution in [1.29, 1.82) is 0 Å². The van der Waals surface area contributed by atoms with Gasteiger partial charge in [-0.25, -0.2) is 0 Å². The van der Waals surface area contributed by atoms with Gasteiger partial charge in [-0.1, -0.05) is 32.1 Å². The average molecular weight is 152 g/mol. The van der Waals surface area contributed by atoms with Crippen LogP contribution in [0.4, 0.5) is 0 Å². The number of allylic oxidation sites excluding steroid dienone is 1. The van der Waals surface area contributed by atoms with Gasteiger partial charge in [0.1, 0.15) is 0 Å². The Bertz CT molecular complexity index is 141. The predicted octanol–water partition coefficient (Wildman–Crippen LogP) is 2.12. The van der Waals surface area contributed by atoms with Crippen LogP contribution in [0.5, 0.6) is 0 Å². The third-order valence-electron chi connectivity index (χ3n) is 1.52. The molecule has 62 valence electrons. The Morgan fingerprint density at radius 2 is 2.27 bits per heavy atom. The fourth-order valence-corrected chi connectivity index (χ4v) is 0.866. The topological polar surface area (TPSA) is 20.2 Å². The summed E-state index contributed by atoms with van der Waals surface area (Å²) in [5.41, 5.74) is 0. The van der Waals surface area contributed by atoms with E-state index < -0.39 is 0 Å². The fraction of sp³-hybridized carbons (Fsp3) is 0.600. The van der Waals surface area contributed by atoms with Crippen molar-refractivity contribution in [2.45, 2.75) is 38.7 Å². The van der Waals surface area contributed by atoms with E-state index >= 15 is 0 Å². The van der Waals surface area contributed by atoms with E-state index in [4.69, 9.17) is 6.42 Å². The van der Waals surface area contributed by atoms with E-state index in [9.17, 15) is 5.11 Å². The third-order valence-corrected chi connectivity index (χ3v) is 1.52. The molecule has 0 saturated heterocycles. The van der Waals surface area contributed by atoms with Crippen molar-refractivity contribution in [2.75, 3.05) is 0 Å². The monoisotopic (exact) mass is 152 g/mol. The van der Waals surface area contributed by atoms with Crippen molar-refractivity contribution in [3.63, 3.8) is 0 Å². The van der Waals surface area contributed by atoms with Gasteiger partial charge in [0.25, 0.3) is 0 Å². The third kappa shape index (κ3) is 7.15. The molecule has 0 aliphatic rings. The fourth-order valence-electron chi connectivity index (χ4n) is 0.866. The number of terminal acetylenes is 1. The second-order valence-corrected chi connectivity index (χ2v) is 2.59. The van der Waals surface area contributed by atoms with Crippen LogP contribution in [-0.4, -0.2) is 11.2 Å². The molecule has 0 bridgehead atoms. The van der Waals surface area contributed by atoms with Crippen LogP contribution in [0.25, 0.3) is 0 Å². The zero-order chi connectivity index (χ0) is 8.53. The average Bonchev–Trinajstić information content (AvgIpc) is 2.01. The molecule has 0 aromatic carbocycles. The van der Waals surface area contributed by atoms with Gasteiger partial charge in [0, 0.05) is 0 Å². The predicted molar refractivity (Wildman–Crippen MR) is 48.1 cm³/mol. The van der Waals surface area contributed by atoms with Crippen LogP contribution in [0, 0.1) is 12.3 Å². The zero-order valence-corrected chi connectivity index (χ0v) is 7.09. The van der Waals surface area contributed by atoms with Crippen molar-refractivity contribution in [3.05, 3.63) is 12.2 Å². The smallest absolute Gasteiger partial charge is 0.0730 e. The molecule has 0 radical (unpaired) electrons. The maximum atomic E-state index is 9.22. The quantitative estimate of drug-likeness (QED) is 0.472. The summed E-state index contributed by atoms with van der Waals surface area (Å²) in [7, 11) is 0. The summed E-state index contributed by atoms with van der Waals surface area (Å²) in [6, 6.07) is 0. The van der Waals surface area contributed by atoms with E-state index in [0.29, 0.717) is 0 Å². The van der Waals surface area contributed by atoms with Crippen LogP contribution in [0.2, 0.25) is 0 Å². The highest BCUT2D eigenvalue weighted by Gasteiger charge is 1.96. The van der Waals surface area contributed by atoms with E-state index in [-0.39, 0.29) is 6.10 Å². The molecular formula is C10H16O. The minimum absolute atomic E-state index is 0.349. The molecule has 1 nitrogen and oxygen atoms in total. The van der Waals surface area contributed by atoms with E-state index in [1.165, 1.54) is 12.8 Å². The standard InChI is InChI=1S/C10H16O/c1-3-5-7-9-10(11)8-6-4-2/h2,6,8,10-11H,3,5,7,9H2,1H3. The Balaban J connectivity index is 3.31. The Morgan fingerprint density at radius 3 is 2.82 bits per heavy atom. The number of rotatable bonds is 5. The van der Waals surface area contributed by atoms with Crippen molar-refractivity contribution in [3.8, 4) is 12.3 Å². The largest absolute Gasteiger partial charge is 0.389 e. The van der Waals surface area contributed by atoms with Gasteiger partial charge in [-0.2, -0.15) is 0 Å². The lowest BCUT2D eigenvalue weighted by Crippen LogP contribution is -2.00. The highest BCUT2D eigenvalue weighted by molar-refractivity contribution is 5.10. The van der Waals surface area contributed by atoms with Crippen LogP contribution in [0.15, 0.2) is 12.2 Å². The summed E-state index contributed by atoms with van der Waals surface area (Å²) < 4.78 is 0. The Kier molecular flexibility index (Phi) is 6.87. The molecule has 0 aliphatic carbocycles. The van der Waals surface area contributed by atoms with E-state index in [0.717, 1.165) is 12.8 Å². The van der Waals surface area contributed by atoms with Gasteiger partial charge in [-0.3, -0.25) is 0 Å². The van der Waals surface area contributed by atoms with Crippen molar-refractivity contribution in [2.24, 2.45) is 0 Å². The number of hydrogen-bond acceptors (Lipinski definition) is 1. The summed E-state index contributed by atoms with van der Waals surface area (Å²) in [4.78, 5) is 0. The Hall–Kier alpha value is -0.740. The number of aliphatic hydroxyl groups excluding tert-OH is 1. The van der Waals surface area contributed by atoms with Crippen molar-refractivity contribution < 1.29 is 5.11 Å². The van der Waals surface area contributed by atoms with Crippen LogP contribution >= 0.6 is 0 Å². The van der Waals surface area contributed by atoms with Crippen molar-refractivity contribution in [1.82, 2.24) is 0 Å². The van der Waals surface area contributed by atoms with Crippen LogP contribution in [0.3, 0.4) is 0 Å². The van der Waals surface area contributed by atoms with Gasteiger partial charge in [-0.15, -0.1) is 6.42 Å². The Morgan fingerprint density at radius 1 is 1.55 bits per heavy atom. The molecule has 1 N–H and O–H groups in total. The summed E-state index contributed by atoms with van der Waals surface area (Å²) in [5, 5.41) is 9.22. The van der Waals surface area contributed by atoms with E-state index in [2.05, 4.69) is 12.8 Å². The van der Waals surface area contributed by atoms with Gasteiger partial charge in [0.05, 0.1) is 6.10 Å². The molecule has 0 aromatic heterocycles. The minimum Gasteiger partial charge on any atom is -0.389 e. The lowest BCUT2D eigenvalue weighted by molar-refractivity contribution is 0.208. The summed E-state index contributed by atoms with van der Waals surface area (Å²) in [6.07, 6.45) is 12.1. The molecule has 11 heavy (non-hydrogen) atoms. The maximum Gasteiger partial charge on any atom is 0.0730 e. The van der Waals surface area contributed by atoms with Gasteiger partial charge in [-0.05, 0) is 18.6 Å². The van der Waals surface area contributed by atoms with Crippen LogP contribution in [0.1, 0.15) is 32.6 Å². The summed E-state index contributed by atoms with van der Waals surface area (Å²) >= 11 is 0. The second kappa shape index (κ2) is 7.37. The highest BCUT2D eigenvalue weighted by Crippen LogP contribution is 2.03. The number of unbranched alkanes of at least 4 members (excludes halogenated alkanes) is 2. The highest BCUT2D eigenvalue weighted by atomic mass is 16.3. The molecule has 0 aliphatic heterocycles. The van der Waals surface area contributed by atoms with Crippen LogP contribution < -0.4 is 0 Å². The van der Waals surface area contributed by atoms with E-state index in [1.807, 2.05) is 0 Å². The van der Waals surface area contributed by atoms with Gasteiger partial charge < -0.3 is 5.11 Å². The first kappa shape index (κ1) is 10.3. The first-order valence-electron chi connectivity index (χ1n) is 4.12. The first-order valence-corrected chi connectivity index (χ1v) is 4.12. The lowest BCUT2D eigenvalue weighted by Gasteiger charge is -2.02. The molecule has 0 saturated carbocycles. The molecular weight excluding hydrogens is 136 g/mol. The van der Waals surface area contributed by atoms with Crippen molar-refractivity contribution >= 4 is 0 Å². The normalized spacial score (nSPS) is 13.2. The lowest BCUT2D eigenvalue weighted by atomic mass is 10.1. The number of hydrogen-bond donors (Lipinski definition) is 1. The molecule has 1 heteroatoms. The van der Waals surface area contributed by atoms with Gasteiger partial charge >= 0.3 is 0 Å². The number of aliphatic hydroxyl groups is 1. The van der Waals surface area contributed by atoms with Crippen LogP contribution in [-0.2, 0) is 0 Å². The zero-order valence-electron chi connectivity index (χ0n) is 7.09. The SMILES string of the molecule is C#CC=CC(O)CCCCC. The first-order chi connectivity index (χ1) is 5.31. The van der Waals surface area contributed by atoms with Gasteiger partial charge in [0.2, 0.25) is 0 Å². The molecule has 0 spiro atoms. The molecule has 0 heterocycles. The molecule has 0 aromatic rings. The molecule has 0 fully saturated rings. The molecule has 1 atom stereocenters. The Labute approximate surface area is 69.1 Å². The molecule has 0 amide bonds.